The molecule has 0 N–H and O–H groups in total. The number of hydrogen-bond donors (Lipinski definition) is 0. The molecule has 11 aromatic carbocycles. The van der Waals surface area contributed by atoms with Crippen molar-refractivity contribution in [3.63, 3.8) is 0 Å². The second-order valence-corrected chi connectivity index (χ2v) is 17.7. The van der Waals surface area contributed by atoms with Crippen LogP contribution >= 0.6 is 0 Å². The summed E-state index contributed by atoms with van der Waals surface area (Å²) in [5, 5.41) is 5.03. The molecule has 0 fully saturated rings. The molecule has 2 aromatic heterocycles. The Hall–Kier alpha value is -9.18. The minimum atomic E-state index is 1.07. The molecule has 0 atom stereocenters. The van der Waals surface area contributed by atoms with Gasteiger partial charge in [-0.15, -0.1) is 0 Å². The highest BCUT2D eigenvalue weighted by molar-refractivity contribution is 6.10. The van der Waals surface area contributed by atoms with E-state index in [1.165, 1.54) is 71.4 Å². The van der Waals surface area contributed by atoms with Crippen LogP contribution in [0, 0.1) is 0 Å². The van der Waals surface area contributed by atoms with Gasteiger partial charge in [0.1, 0.15) is 0 Å². The largest absolute Gasteiger partial charge is 0.310 e. The lowest BCUT2D eigenvalue weighted by Crippen LogP contribution is -2.10. The first-order valence-corrected chi connectivity index (χ1v) is 23.7. The standard InChI is InChI=1S/C66H45N3/c1-3-18-47(19-4-1)55-43-42-54(45-61(55)48-20-5-2-6-21-48)67(51-38-34-46(35-39-51)50-22-17-23-53(44-50)68-63-30-13-8-25-57(63)58-26-9-14-31-64(58)68)52-40-36-49(37-41-52)56-24-7-12-29-62(56)69-65-32-15-10-27-59(65)60-28-11-16-33-66(60)69/h1-45H. The highest BCUT2D eigenvalue weighted by atomic mass is 15.1. The Bertz CT molecular complexity index is 3890. The van der Waals surface area contributed by atoms with E-state index < -0.39 is 0 Å². The summed E-state index contributed by atoms with van der Waals surface area (Å²) in [4.78, 5) is 2.39. The maximum atomic E-state index is 2.42. The van der Waals surface area contributed by atoms with Crippen molar-refractivity contribution in [1.82, 2.24) is 9.13 Å². The SMILES string of the molecule is c1ccc(-c2ccc(N(c3ccc(-c4cccc(-n5c6ccccc6c6ccccc65)c4)cc3)c3ccc(-c4ccccc4-n4c5ccccc5c5ccccc54)cc3)cc2-c2ccccc2)cc1. The van der Waals surface area contributed by atoms with Crippen LogP contribution in [0.15, 0.2) is 273 Å². The van der Waals surface area contributed by atoms with Crippen LogP contribution in [0.5, 0.6) is 0 Å². The Morgan fingerprint density at radius 3 is 1.22 bits per heavy atom. The summed E-state index contributed by atoms with van der Waals surface area (Å²) in [6.07, 6.45) is 0. The Balaban J connectivity index is 0.929. The third-order valence-electron chi connectivity index (χ3n) is 13.7. The summed E-state index contributed by atoms with van der Waals surface area (Å²) in [6, 6.07) is 99.1. The second-order valence-electron chi connectivity index (χ2n) is 17.7. The second kappa shape index (κ2) is 16.9. The van der Waals surface area contributed by atoms with Crippen LogP contribution in [0.3, 0.4) is 0 Å². The number of aromatic nitrogens is 2. The molecule has 3 heteroatoms. The summed E-state index contributed by atoms with van der Waals surface area (Å²) >= 11 is 0. The van der Waals surface area contributed by atoms with Crippen molar-refractivity contribution in [3.8, 4) is 55.9 Å². The third kappa shape index (κ3) is 6.99. The van der Waals surface area contributed by atoms with Crippen molar-refractivity contribution in [1.29, 1.82) is 0 Å². The van der Waals surface area contributed by atoms with Gasteiger partial charge in [0.2, 0.25) is 0 Å². The molecular weight excluding hydrogens is 835 g/mol. The van der Waals surface area contributed by atoms with Gasteiger partial charge in [-0.25, -0.2) is 0 Å². The van der Waals surface area contributed by atoms with E-state index in [2.05, 4.69) is 287 Å². The number of para-hydroxylation sites is 5. The van der Waals surface area contributed by atoms with Gasteiger partial charge >= 0.3 is 0 Å². The smallest absolute Gasteiger partial charge is 0.0541 e. The lowest BCUT2D eigenvalue weighted by Gasteiger charge is -2.27. The van der Waals surface area contributed by atoms with Gasteiger partial charge < -0.3 is 14.0 Å². The van der Waals surface area contributed by atoms with Gasteiger partial charge in [0.05, 0.1) is 27.8 Å². The zero-order valence-corrected chi connectivity index (χ0v) is 37.8. The fraction of sp³-hybridized carbons (Fsp3) is 0. The molecule has 2 heterocycles. The van der Waals surface area contributed by atoms with E-state index in [4.69, 9.17) is 0 Å². The molecule has 0 spiro atoms. The summed E-state index contributed by atoms with van der Waals surface area (Å²) < 4.78 is 4.80. The van der Waals surface area contributed by atoms with Crippen LogP contribution in [0.2, 0.25) is 0 Å². The third-order valence-corrected chi connectivity index (χ3v) is 13.7. The van der Waals surface area contributed by atoms with Gasteiger partial charge in [0.15, 0.2) is 0 Å². The van der Waals surface area contributed by atoms with Crippen LogP contribution in [0.4, 0.5) is 17.1 Å². The minimum Gasteiger partial charge on any atom is -0.310 e. The highest BCUT2D eigenvalue weighted by Gasteiger charge is 2.20. The zero-order chi connectivity index (χ0) is 45.7. The number of hydrogen-bond acceptors (Lipinski definition) is 1. The van der Waals surface area contributed by atoms with Gasteiger partial charge in [-0.1, -0.05) is 194 Å². The van der Waals surface area contributed by atoms with Crippen molar-refractivity contribution >= 4 is 60.7 Å². The monoisotopic (exact) mass is 879 g/mol. The molecule has 0 amide bonds. The molecule has 0 unspecified atom stereocenters. The molecular formula is C66H45N3. The topological polar surface area (TPSA) is 13.1 Å². The first-order valence-electron chi connectivity index (χ1n) is 23.7. The van der Waals surface area contributed by atoms with E-state index >= 15 is 0 Å². The normalized spacial score (nSPS) is 11.5. The van der Waals surface area contributed by atoms with Gasteiger partial charge in [-0.05, 0) is 118 Å². The van der Waals surface area contributed by atoms with Gasteiger partial charge in [-0.2, -0.15) is 0 Å². The molecule has 0 saturated carbocycles. The van der Waals surface area contributed by atoms with Crippen LogP contribution in [-0.2, 0) is 0 Å². The van der Waals surface area contributed by atoms with E-state index in [0.29, 0.717) is 0 Å². The maximum absolute atomic E-state index is 2.42. The molecule has 13 aromatic rings. The van der Waals surface area contributed by atoms with Crippen LogP contribution in [0.1, 0.15) is 0 Å². The molecule has 3 nitrogen and oxygen atoms in total. The highest BCUT2D eigenvalue weighted by Crippen LogP contribution is 2.43. The predicted octanol–water partition coefficient (Wildman–Crippen LogP) is 18.0. The quantitative estimate of drug-likeness (QED) is 0.141. The number of nitrogens with zero attached hydrogens (tertiary/aromatic N) is 3. The minimum absolute atomic E-state index is 1.07. The fourth-order valence-electron chi connectivity index (χ4n) is 10.6. The molecule has 69 heavy (non-hydrogen) atoms. The summed E-state index contributed by atoms with van der Waals surface area (Å²) in [6.45, 7) is 0. The molecule has 0 aliphatic rings. The molecule has 0 saturated heterocycles. The van der Waals surface area contributed by atoms with E-state index in [-0.39, 0.29) is 0 Å². The van der Waals surface area contributed by atoms with Crippen molar-refractivity contribution in [2.75, 3.05) is 4.90 Å². The lowest BCUT2D eigenvalue weighted by atomic mass is 9.93. The van der Waals surface area contributed by atoms with Crippen molar-refractivity contribution < 1.29 is 0 Å². The Labute approximate surface area is 401 Å². The molecule has 0 radical (unpaired) electrons. The van der Waals surface area contributed by atoms with Crippen molar-refractivity contribution in [3.05, 3.63) is 273 Å². The summed E-state index contributed by atoms with van der Waals surface area (Å²) in [5.74, 6) is 0. The molecule has 0 bridgehead atoms. The molecule has 13 rings (SSSR count). The number of benzene rings is 11. The Morgan fingerprint density at radius 1 is 0.232 bits per heavy atom. The molecule has 0 aliphatic carbocycles. The zero-order valence-electron chi connectivity index (χ0n) is 37.8. The first-order chi connectivity index (χ1) is 34.2. The molecule has 0 aliphatic heterocycles. The summed E-state index contributed by atoms with van der Waals surface area (Å²) in [5.41, 5.74) is 19.7. The van der Waals surface area contributed by atoms with Crippen LogP contribution < -0.4 is 4.90 Å². The van der Waals surface area contributed by atoms with Crippen molar-refractivity contribution in [2.24, 2.45) is 0 Å². The first kappa shape index (κ1) is 40.1. The van der Waals surface area contributed by atoms with E-state index in [1.807, 2.05) is 0 Å². The summed E-state index contributed by atoms with van der Waals surface area (Å²) in [7, 11) is 0. The van der Waals surface area contributed by atoms with Crippen LogP contribution in [-0.4, -0.2) is 9.13 Å². The van der Waals surface area contributed by atoms with E-state index in [1.54, 1.807) is 0 Å². The fourth-order valence-corrected chi connectivity index (χ4v) is 10.6. The van der Waals surface area contributed by atoms with E-state index in [0.717, 1.165) is 45.1 Å². The lowest BCUT2D eigenvalue weighted by molar-refractivity contribution is 1.18. The number of fused-ring (bicyclic) bond motifs is 6. The van der Waals surface area contributed by atoms with Crippen molar-refractivity contribution in [2.45, 2.75) is 0 Å². The Morgan fingerprint density at radius 2 is 0.652 bits per heavy atom. The molecule has 324 valence electrons. The number of anilines is 3. The Kier molecular flexibility index (Phi) is 9.84. The van der Waals surface area contributed by atoms with Gasteiger partial charge in [0.25, 0.3) is 0 Å². The maximum Gasteiger partial charge on any atom is 0.0541 e. The van der Waals surface area contributed by atoms with Crippen LogP contribution in [0.25, 0.3) is 99.5 Å². The van der Waals surface area contributed by atoms with Gasteiger partial charge in [0, 0.05) is 49.9 Å². The average molecular weight is 880 g/mol. The average Bonchev–Trinajstić information content (AvgIpc) is 3.95. The van der Waals surface area contributed by atoms with E-state index in [9.17, 15) is 0 Å². The number of rotatable bonds is 9. The van der Waals surface area contributed by atoms with Gasteiger partial charge in [-0.3, -0.25) is 0 Å². The predicted molar refractivity (Wildman–Crippen MR) is 292 cm³/mol.